The fraction of sp³-hybridized carbons (Fsp3) is 0.281. The van der Waals surface area contributed by atoms with E-state index in [0.717, 1.165) is 32.5 Å². The van der Waals surface area contributed by atoms with Gasteiger partial charge in [0, 0.05) is 36.3 Å². The van der Waals surface area contributed by atoms with Gasteiger partial charge < -0.3 is 25.2 Å². The number of halogens is 2. The van der Waals surface area contributed by atoms with Gasteiger partial charge >= 0.3 is 0 Å². The van der Waals surface area contributed by atoms with Crippen LogP contribution in [-0.2, 0) is 4.79 Å². The van der Waals surface area contributed by atoms with Crippen LogP contribution in [0.4, 0.5) is 26.0 Å². The number of ether oxygens (including phenoxy) is 1. The van der Waals surface area contributed by atoms with Crippen molar-refractivity contribution < 1.29 is 18.3 Å². The Morgan fingerprint density at radius 2 is 1.93 bits per heavy atom. The van der Waals surface area contributed by atoms with Crippen LogP contribution >= 0.6 is 0 Å². The maximum Gasteiger partial charge on any atom is 0.247 e. The molecule has 1 amide bonds. The molecule has 3 aromatic carbocycles. The Morgan fingerprint density at radius 1 is 1.14 bits per heavy atom. The predicted molar refractivity (Wildman–Crippen MR) is 162 cm³/mol. The van der Waals surface area contributed by atoms with Crippen molar-refractivity contribution in [2.75, 3.05) is 51.0 Å². The summed E-state index contributed by atoms with van der Waals surface area (Å²) in [5, 5.41) is 6.67. The third-order valence-corrected chi connectivity index (χ3v) is 7.41. The van der Waals surface area contributed by atoms with Crippen molar-refractivity contribution in [3.8, 4) is 16.9 Å². The van der Waals surface area contributed by atoms with E-state index in [4.69, 9.17) is 4.74 Å². The number of aromatic nitrogens is 2. The quantitative estimate of drug-likeness (QED) is 0.172. The molecule has 5 rings (SSSR count). The van der Waals surface area contributed by atoms with Crippen LogP contribution in [0.2, 0.25) is 0 Å². The van der Waals surface area contributed by atoms with Crippen LogP contribution in [0.1, 0.15) is 12.8 Å². The zero-order chi connectivity index (χ0) is 29.6. The summed E-state index contributed by atoms with van der Waals surface area (Å²) in [6, 6.07) is 14.6. The Balaban J connectivity index is 1.36. The highest BCUT2D eigenvalue weighted by Crippen LogP contribution is 2.34. The van der Waals surface area contributed by atoms with E-state index < -0.39 is 11.6 Å². The molecule has 42 heavy (non-hydrogen) atoms. The molecule has 1 unspecified atom stereocenters. The number of fused-ring (bicyclic) bond motifs is 1. The van der Waals surface area contributed by atoms with E-state index in [9.17, 15) is 13.6 Å². The Kier molecular flexibility index (Phi) is 9.04. The molecule has 0 bridgehead atoms. The zero-order valence-corrected chi connectivity index (χ0v) is 23.7. The summed E-state index contributed by atoms with van der Waals surface area (Å²) < 4.78 is 35.0. The number of hydrogen-bond acceptors (Lipinski definition) is 7. The molecule has 2 N–H and O–H groups in total. The van der Waals surface area contributed by atoms with Crippen molar-refractivity contribution in [3.05, 3.63) is 85.2 Å². The van der Waals surface area contributed by atoms with Crippen LogP contribution in [0.25, 0.3) is 22.0 Å². The number of hydrogen-bond donors (Lipinski definition) is 2. The van der Waals surface area contributed by atoms with Crippen molar-refractivity contribution in [2.24, 2.45) is 0 Å². The van der Waals surface area contributed by atoms with Crippen LogP contribution in [0.5, 0.6) is 5.75 Å². The molecule has 10 heteroatoms. The van der Waals surface area contributed by atoms with Gasteiger partial charge in [-0.05, 0) is 75.5 Å². The van der Waals surface area contributed by atoms with Gasteiger partial charge in [0.05, 0.1) is 23.4 Å². The van der Waals surface area contributed by atoms with E-state index in [1.165, 1.54) is 30.6 Å². The van der Waals surface area contributed by atoms with Crippen molar-refractivity contribution in [2.45, 2.75) is 18.9 Å². The van der Waals surface area contributed by atoms with E-state index in [0.29, 0.717) is 52.1 Å². The van der Waals surface area contributed by atoms with Gasteiger partial charge in [0.1, 0.15) is 29.5 Å². The van der Waals surface area contributed by atoms with E-state index >= 15 is 0 Å². The molecule has 2 heterocycles. The predicted octanol–water partition coefficient (Wildman–Crippen LogP) is 5.85. The SMILES string of the molecule is C=CC(=O)Nc1cc2c(Nc3cccc(-c4c(F)cccc4F)c3)ncnc2cc1OCCCN1CCC(N(C)C)C1. The number of likely N-dealkylation sites (N-methyl/N-ethyl adjacent to an activating group) is 1. The van der Waals surface area contributed by atoms with Crippen molar-refractivity contribution in [1.82, 2.24) is 19.8 Å². The van der Waals surface area contributed by atoms with Gasteiger partial charge in [-0.3, -0.25) is 4.79 Å². The summed E-state index contributed by atoms with van der Waals surface area (Å²) in [4.78, 5) is 25.8. The molecule has 1 aliphatic rings. The number of nitrogens with one attached hydrogen (secondary N) is 2. The first-order valence-electron chi connectivity index (χ1n) is 13.9. The number of carbonyl (C=O) groups excluding carboxylic acids is 1. The molecule has 1 atom stereocenters. The van der Waals surface area contributed by atoms with Crippen molar-refractivity contribution in [3.63, 3.8) is 0 Å². The van der Waals surface area contributed by atoms with E-state index in [1.807, 2.05) is 0 Å². The summed E-state index contributed by atoms with van der Waals surface area (Å²) in [5.74, 6) is -0.721. The van der Waals surface area contributed by atoms with Crippen molar-refractivity contribution >= 4 is 34.0 Å². The van der Waals surface area contributed by atoms with E-state index in [2.05, 4.69) is 51.1 Å². The van der Waals surface area contributed by atoms with Gasteiger partial charge in [0.2, 0.25) is 5.91 Å². The largest absolute Gasteiger partial charge is 0.491 e. The zero-order valence-electron chi connectivity index (χ0n) is 23.7. The molecule has 0 aliphatic carbocycles. The highest BCUT2D eigenvalue weighted by atomic mass is 19.1. The number of rotatable bonds is 11. The van der Waals surface area contributed by atoms with E-state index in [1.54, 1.807) is 36.4 Å². The molecule has 4 aromatic rings. The highest BCUT2D eigenvalue weighted by molar-refractivity contribution is 6.03. The number of anilines is 3. The van der Waals surface area contributed by atoms with Gasteiger partial charge in [-0.2, -0.15) is 0 Å². The second-order valence-electron chi connectivity index (χ2n) is 10.5. The van der Waals surface area contributed by atoms with Crippen LogP contribution in [0.15, 0.2) is 73.6 Å². The lowest BCUT2D eigenvalue weighted by atomic mass is 10.0. The lowest BCUT2D eigenvalue weighted by Gasteiger charge is -2.20. The van der Waals surface area contributed by atoms with Crippen LogP contribution < -0.4 is 15.4 Å². The van der Waals surface area contributed by atoms with Crippen LogP contribution in [0.3, 0.4) is 0 Å². The molecular weight excluding hydrogens is 538 g/mol. The molecule has 0 spiro atoms. The molecule has 1 saturated heterocycles. The standard InChI is InChI=1S/C32H34F2N6O2/c1-4-30(41)38-28-17-24-27(18-29(28)42-15-7-13-40-14-12-23(19-40)39(2)3)35-20-36-32(24)37-22-9-5-8-21(16-22)31-25(33)10-6-11-26(31)34/h4-6,8-11,16-18,20,23H,1,7,12-15,19H2,2-3H3,(H,38,41)(H,35,36,37). The van der Waals surface area contributed by atoms with Gasteiger partial charge in [-0.25, -0.2) is 18.7 Å². The molecule has 0 radical (unpaired) electrons. The normalized spacial score (nSPS) is 15.2. The average Bonchev–Trinajstić information content (AvgIpc) is 3.45. The first kappa shape index (κ1) is 29.1. The number of amides is 1. The first-order valence-corrected chi connectivity index (χ1v) is 13.9. The Hall–Kier alpha value is -4.41. The molecule has 1 aromatic heterocycles. The Labute approximate surface area is 244 Å². The average molecular weight is 573 g/mol. The Bertz CT molecular complexity index is 1570. The van der Waals surface area contributed by atoms with Gasteiger partial charge in [0.25, 0.3) is 0 Å². The minimum Gasteiger partial charge on any atom is -0.491 e. The minimum absolute atomic E-state index is 0.104. The number of benzene rings is 3. The second-order valence-corrected chi connectivity index (χ2v) is 10.5. The lowest BCUT2D eigenvalue weighted by molar-refractivity contribution is -0.111. The fourth-order valence-corrected chi connectivity index (χ4v) is 5.15. The van der Waals surface area contributed by atoms with Crippen LogP contribution in [0, 0.1) is 11.6 Å². The lowest BCUT2D eigenvalue weighted by Crippen LogP contribution is -2.32. The number of carbonyl (C=O) groups is 1. The number of likely N-dealkylation sites (tertiary alicyclic amines) is 1. The third-order valence-electron chi connectivity index (χ3n) is 7.41. The van der Waals surface area contributed by atoms with Gasteiger partial charge in [-0.1, -0.05) is 24.8 Å². The molecule has 218 valence electrons. The van der Waals surface area contributed by atoms with Gasteiger partial charge in [0.15, 0.2) is 0 Å². The molecule has 1 aliphatic heterocycles. The minimum atomic E-state index is -0.645. The topological polar surface area (TPSA) is 82.6 Å². The maximum atomic E-state index is 14.4. The third kappa shape index (κ3) is 6.72. The van der Waals surface area contributed by atoms with Gasteiger partial charge in [-0.15, -0.1) is 0 Å². The van der Waals surface area contributed by atoms with Crippen molar-refractivity contribution in [1.29, 1.82) is 0 Å². The van der Waals surface area contributed by atoms with E-state index in [-0.39, 0.29) is 11.5 Å². The first-order chi connectivity index (χ1) is 20.3. The summed E-state index contributed by atoms with van der Waals surface area (Å²) in [7, 11) is 4.23. The monoisotopic (exact) mass is 572 g/mol. The summed E-state index contributed by atoms with van der Waals surface area (Å²) >= 11 is 0. The summed E-state index contributed by atoms with van der Waals surface area (Å²) in [6.07, 6.45) is 4.61. The second kappa shape index (κ2) is 13.1. The van der Waals surface area contributed by atoms with Crippen LogP contribution in [-0.4, -0.2) is 72.1 Å². The number of nitrogens with zero attached hydrogens (tertiary/aromatic N) is 4. The molecular formula is C32H34F2N6O2. The highest BCUT2D eigenvalue weighted by Gasteiger charge is 2.23. The maximum absolute atomic E-state index is 14.4. The Morgan fingerprint density at radius 3 is 2.67 bits per heavy atom. The fourth-order valence-electron chi connectivity index (χ4n) is 5.15. The summed E-state index contributed by atoms with van der Waals surface area (Å²) in [5.41, 5.74) is 1.91. The molecule has 0 saturated carbocycles. The summed E-state index contributed by atoms with van der Waals surface area (Å²) in [6.45, 7) is 7.08. The molecule has 1 fully saturated rings. The molecule has 8 nitrogen and oxygen atoms in total. The smallest absolute Gasteiger partial charge is 0.247 e.